The maximum Gasteiger partial charge on any atom is 0.255 e. The summed E-state index contributed by atoms with van der Waals surface area (Å²) in [5.74, 6) is -1.55. The van der Waals surface area contributed by atoms with Crippen molar-refractivity contribution in [3.05, 3.63) is 29.1 Å². The lowest BCUT2D eigenvalue weighted by Crippen LogP contribution is -2.61. The Balaban J connectivity index is 1.60. The lowest BCUT2D eigenvalue weighted by atomic mass is 9.98. The van der Waals surface area contributed by atoms with Crippen molar-refractivity contribution in [2.24, 2.45) is 0 Å². The molecule has 3 heterocycles. The first-order valence-electron chi connectivity index (χ1n) is 11.0. The molecular formula is C23H31FN4O3. The lowest BCUT2D eigenvalue weighted by molar-refractivity contribution is -0.136. The molecule has 0 radical (unpaired) electrons. The van der Waals surface area contributed by atoms with Crippen LogP contribution < -0.4 is 10.2 Å². The summed E-state index contributed by atoms with van der Waals surface area (Å²) in [6.07, 6.45) is 0.492. The number of piperazine rings is 1. The number of imide groups is 1. The Morgan fingerprint density at radius 2 is 1.71 bits per heavy atom. The number of hydrogen-bond acceptors (Lipinski definition) is 5. The molecule has 1 N–H and O–H groups in total. The molecule has 8 heteroatoms. The van der Waals surface area contributed by atoms with Gasteiger partial charge in [0.05, 0.1) is 5.69 Å². The van der Waals surface area contributed by atoms with Crippen LogP contribution in [-0.4, -0.2) is 64.3 Å². The Morgan fingerprint density at radius 1 is 1.06 bits per heavy atom. The van der Waals surface area contributed by atoms with E-state index in [0.717, 1.165) is 18.7 Å². The van der Waals surface area contributed by atoms with Gasteiger partial charge in [-0.05, 0) is 58.7 Å². The van der Waals surface area contributed by atoms with E-state index >= 15 is 4.39 Å². The van der Waals surface area contributed by atoms with E-state index in [1.54, 1.807) is 6.07 Å². The predicted molar refractivity (Wildman–Crippen MR) is 115 cm³/mol. The summed E-state index contributed by atoms with van der Waals surface area (Å²) in [5.41, 5.74) is 1.58. The first-order valence-corrected chi connectivity index (χ1v) is 11.0. The number of amides is 3. The minimum Gasteiger partial charge on any atom is -0.361 e. The van der Waals surface area contributed by atoms with Gasteiger partial charge in [0, 0.05) is 49.2 Å². The maximum atomic E-state index is 15.2. The molecule has 0 aliphatic carbocycles. The third kappa shape index (κ3) is 3.82. The highest BCUT2D eigenvalue weighted by atomic mass is 19.1. The van der Waals surface area contributed by atoms with E-state index in [-0.39, 0.29) is 42.4 Å². The fourth-order valence-corrected chi connectivity index (χ4v) is 5.12. The van der Waals surface area contributed by atoms with Crippen LogP contribution in [0.25, 0.3) is 0 Å². The molecular weight excluding hydrogens is 399 g/mol. The molecule has 2 fully saturated rings. The number of carbonyl (C=O) groups is 3. The van der Waals surface area contributed by atoms with Crippen LogP contribution in [-0.2, 0) is 16.1 Å². The SMILES string of the molecule is CC1CN(C(C)(C)C)CC(C)N1c1cc2c(cc1F)C(=O)N([C@@H]1CCC(=O)NC1=O)C2. The van der Waals surface area contributed by atoms with Crippen LogP contribution in [0.4, 0.5) is 10.1 Å². The summed E-state index contributed by atoms with van der Waals surface area (Å²) in [5, 5.41) is 2.30. The average molecular weight is 431 g/mol. The van der Waals surface area contributed by atoms with Gasteiger partial charge >= 0.3 is 0 Å². The zero-order valence-corrected chi connectivity index (χ0v) is 18.9. The fraction of sp³-hybridized carbons (Fsp3) is 0.609. The molecule has 1 aromatic carbocycles. The average Bonchev–Trinajstić information content (AvgIpc) is 2.96. The molecule has 3 aliphatic rings. The minimum absolute atomic E-state index is 0.0416. The first-order chi connectivity index (χ1) is 14.5. The van der Waals surface area contributed by atoms with Gasteiger partial charge in [0.15, 0.2) is 0 Å². The first kappa shape index (κ1) is 21.7. The molecule has 0 bridgehead atoms. The minimum atomic E-state index is -0.697. The molecule has 0 aromatic heterocycles. The van der Waals surface area contributed by atoms with Gasteiger partial charge in [-0.25, -0.2) is 4.39 Å². The summed E-state index contributed by atoms with van der Waals surface area (Å²) in [6.45, 7) is 12.7. The Labute approximate surface area is 182 Å². The lowest BCUT2D eigenvalue weighted by Gasteiger charge is -2.50. The normalized spacial score (nSPS) is 27.5. The smallest absolute Gasteiger partial charge is 0.255 e. The number of benzene rings is 1. The van der Waals surface area contributed by atoms with Crippen LogP contribution >= 0.6 is 0 Å². The molecule has 7 nitrogen and oxygen atoms in total. The van der Waals surface area contributed by atoms with E-state index in [1.165, 1.54) is 11.0 Å². The Hall–Kier alpha value is -2.48. The summed E-state index contributed by atoms with van der Waals surface area (Å²) in [7, 11) is 0. The van der Waals surface area contributed by atoms with E-state index in [0.29, 0.717) is 17.7 Å². The third-order valence-corrected chi connectivity index (χ3v) is 6.74. The molecule has 2 unspecified atom stereocenters. The van der Waals surface area contributed by atoms with Crippen LogP contribution in [0, 0.1) is 5.82 Å². The summed E-state index contributed by atoms with van der Waals surface area (Å²) in [4.78, 5) is 42.6. The van der Waals surface area contributed by atoms with E-state index < -0.39 is 17.8 Å². The van der Waals surface area contributed by atoms with E-state index in [4.69, 9.17) is 0 Å². The molecule has 168 valence electrons. The number of piperidine rings is 1. The number of carbonyl (C=O) groups excluding carboxylic acids is 3. The van der Waals surface area contributed by atoms with Gasteiger partial charge in [-0.3, -0.25) is 24.6 Å². The van der Waals surface area contributed by atoms with Crippen molar-refractivity contribution >= 4 is 23.4 Å². The van der Waals surface area contributed by atoms with Gasteiger partial charge in [-0.15, -0.1) is 0 Å². The highest BCUT2D eigenvalue weighted by Gasteiger charge is 2.41. The van der Waals surface area contributed by atoms with Crippen LogP contribution in [0.2, 0.25) is 0 Å². The topological polar surface area (TPSA) is 73.0 Å². The van der Waals surface area contributed by atoms with Crippen LogP contribution in [0.5, 0.6) is 0 Å². The van der Waals surface area contributed by atoms with Crippen molar-refractivity contribution in [2.75, 3.05) is 18.0 Å². The van der Waals surface area contributed by atoms with Crippen molar-refractivity contribution in [1.29, 1.82) is 0 Å². The molecule has 3 atom stereocenters. The van der Waals surface area contributed by atoms with Crippen molar-refractivity contribution in [2.45, 2.75) is 77.7 Å². The molecule has 3 aliphatic heterocycles. The summed E-state index contributed by atoms with van der Waals surface area (Å²) < 4.78 is 15.2. The second-order valence-electron chi connectivity index (χ2n) is 10.0. The van der Waals surface area contributed by atoms with E-state index in [1.807, 2.05) is 0 Å². The molecule has 0 spiro atoms. The summed E-state index contributed by atoms with van der Waals surface area (Å²) >= 11 is 0. The molecule has 0 saturated carbocycles. The standard InChI is InChI=1S/C23H31FN4O3/c1-13-10-26(23(3,4)5)11-14(2)28(13)19-8-15-12-27(22(31)16(15)9-17(19)24)18-6-7-20(29)25-21(18)30/h8-9,13-14,18H,6-7,10-12H2,1-5H3,(H,25,29,30)/t13?,14?,18-/m1/s1. The van der Waals surface area contributed by atoms with Crippen LogP contribution in [0.1, 0.15) is 63.4 Å². The third-order valence-electron chi connectivity index (χ3n) is 6.74. The van der Waals surface area contributed by atoms with Crippen LogP contribution in [0.15, 0.2) is 12.1 Å². The van der Waals surface area contributed by atoms with Gasteiger partial charge in [-0.1, -0.05) is 0 Å². The predicted octanol–water partition coefficient (Wildman–Crippen LogP) is 2.28. The number of nitrogens with one attached hydrogen (secondary N) is 1. The molecule has 2 saturated heterocycles. The summed E-state index contributed by atoms with van der Waals surface area (Å²) in [6, 6.07) is 2.61. The number of anilines is 1. The van der Waals surface area contributed by atoms with Crippen LogP contribution in [0.3, 0.4) is 0 Å². The van der Waals surface area contributed by atoms with Gasteiger partial charge in [0.1, 0.15) is 11.9 Å². The van der Waals surface area contributed by atoms with Crippen molar-refractivity contribution in [3.8, 4) is 0 Å². The number of halogens is 1. The number of nitrogens with zero attached hydrogens (tertiary/aromatic N) is 3. The highest BCUT2D eigenvalue weighted by Crippen LogP contribution is 2.35. The van der Waals surface area contributed by atoms with E-state index in [2.05, 4.69) is 49.7 Å². The number of hydrogen-bond donors (Lipinski definition) is 1. The zero-order chi connectivity index (χ0) is 22.7. The molecule has 1 aromatic rings. The highest BCUT2D eigenvalue weighted by molar-refractivity contribution is 6.05. The largest absolute Gasteiger partial charge is 0.361 e. The second-order valence-corrected chi connectivity index (χ2v) is 10.0. The Kier molecular flexibility index (Phi) is 5.32. The molecule has 4 rings (SSSR count). The number of fused-ring (bicyclic) bond motifs is 1. The maximum absolute atomic E-state index is 15.2. The van der Waals surface area contributed by atoms with Gasteiger partial charge < -0.3 is 9.80 Å². The zero-order valence-electron chi connectivity index (χ0n) is 18.9. The Morgan fingerprint density at radius 3 is 2.29 bits per heavy atom. The molecule has 3 amide bonds. The monoisotopic (exact) mass is 430 g/mol. The second kappa shape index (κ2) is 7.58. The van der Waals surface area contributed by atoms with Crippen molar-refractivity contribution < 1.29 is 18.8 Å². The van der Waals surface area contributed by atoms with Gasteiger partial charge in [-0.2, -0.15) is 0 Å². The van der Waals surface area contributed by atoms with E-state index in [9.17, 15) is 14.4 Å². The molecule has 31 heavy (non-hydrogen) atoms. The van der Waals surface area contributed by atoms with Gasteiger partial charge in [0.25, 0.3) is 5.91 Å². The Bertz CT molecular complexity index is 929. The van der Waals surface area contributed by atoms with Gasteiger partial charge in [0.2, 0.25) is 11.8 Å². The quantitative estimate of drug-likeness (QED) is 0.729. The number of rotatable bonds is 2. The van der Waals surface area contributed by atoms with Crippen molar-refractivity contribution in [1.82, 2.24) is 15.1 Å². The van der Waals surface area contributed by atoms with Crippen molar-refractivity contribution in [3.63, 3.8) is 0 Å². The fourth-order valence-electron chi connectivity index (χ4n) is 5.12.